The van der Waals surface area contributed by atoms with Crippen LogP contribution in [0.4, 0.5) is 0 Å². The van der Waals surface area contributed by atoms with Crippen molar-refractivity contribution < 1.29 is 19.1 Å². The Balaban J connectivity index is 1.49. The Labute approximate surface area is 135 Å². The van der Waals surface area contributed by atoms with Crippen LogP contribution in [0.15, 0.2) is 18.2 Å². The van der Waals surface area contributed by atoms with Gasteiger partial charge in [0.15, 0.2) is 17.3 Å². The van der Waals surface area contributed by atoms with E-state index in [0.717, 1.165) is 25.9 Å². The van der Waals surface area contributed by atoms with Gasteiger partial charge in [-0.15, -0.1) is 0 Å². The van der Waals surface area contributed by atoms with Crippen LogP contribution in [-0.4, -0.2) is 44.0 Å². The molecule has 2 aliphatic heterocycles. The first-order valence-electron chi connectivity index (χ1n) is 8.15. The first-order valence-corrected chi connectivity index (χ1v) is 8.15. The highest BCUT2D eigenvalue weighted by atomic mass is 16.6. The number of rotatable bonds is 5. The lowest BCUT2D eigenvalue weighted by Gasteiger charge is -2.23. The molecule has 1 fully saturated rings. The van der Waals surface area contributed by atoms with E-state index in [1.54, 1.807) is 18.2 Å². The van der Waals surface area contributed by atoms with Gasteiger partial charge in [0.05, 0.1) is 0 Å². The Morgan fingerprint density at radius 2 is 2.00 bits per heavy atom. The third kappa shape index (κ3) is 4.22. The standard InChI is InChI=1S/C17H22N2O4/c20-14(4-6-17(21)19-13-2-1-7-18-11-13)12-3-5-15-16(10-12)23-9-8-22-15/h3,5,10,13,18H,1-2,4,6-9,11H2,(H,19,21)/t13-/m0/s1. The molecule has 3 rings (SSSR count). The molecule has 1 aromatic carbocycles. The molecule has 0 unspecified atom stereocenters. The number of carbonyl (C=O) groups excluding carboxylic acids is 2. The number of benzene rings is 1. The van der Waals surface area contributed by atoms with Crippen molar-refractivity contribution in [3.8, 4) is 11.5 Å². The normalized spacial score (nSPS) is 19.9. The SMILES string of the molecule is O=C(CCC(=O)c1ccc2c(c1)OCCO2)N[C@H]1CCCNC1. The van der Waals surface area contributed by atoms with E-state index in [0.29, 0.717) is 30.3 Å². The van der Waals surface area contributed by atoms with E-state index in [1.165, 1.54) is 0 Å². The number of amides is 1. The molecule has 2 heterocycles. The number of ketones is 1. The molecule has 0 saturated carbocycles. The van der Waals surface area contributed by atoms with Crippen LogP contribution in [0.2, 0.25) is 0 Å². The Hall–Kier alpha value is -2.08. The van der Waals surface area contributed by atoms with E-state index in [2.05, 4.69) is 10.6 Å². The fourth-order valence-electron chi connectivity index (χ4n) is 2.86. The average Bonchev–Trinajstić information content (AvgIpc) is 2.60. The molecule has 1 amide bonds. The van der Waals surface area contributed by atoms with Crippen LogP contribution in [0.1, 0.15) is 36.0 Å². The van der Waals surface area contributed by atoms with Crippen LogP contribution in [0, 0.1) is 0 Å². The number of fused-ring (bicyclic) bond motifs is 1. The summed E-state index contributed by atoms with van der Waals surface area (Å²) < 4.78 is 10.9. The molecule has 0 bridgehead atoms. The fraction of sp³-hybridized carbons (Fsp3) is 0.529. The molecule has 6 heteroatoms. The number of carbonyl (C=O) groups is 2. The van der Waals surface area contributed by atoms with E-state index in [1.807, 2.05) is 0 Å². The van der Waals surface area contributed by atoms with Crippen molar-refractivity contribution >= 4 is 11.7 Å². The number of hydrogen-bond acceptors (Lipinski definition) is 5. The molecule has 1 aromatic rings. The number of piperidine rings is 1. The minimum atomic E-state index is -0.0652. The molecule has 124 valence electrons. The Morgan fingerprint density at radius 1 is 1.17 bits per heavy atom. The number of ether oxygens (including phenoxy) is 2. The van der Waals surface area contributed by atoms with Crippen molar-refractivity contribution in [2.45, 2.75) is 31.7 Å². The molecular formula is C17H22N2O4. The van der Waals surface area contributed by atoms with Crippen LogP contribution in [0.3, 0.4) is 0 Å². The fourth-order valence-corrected chi connectivity index (χ4v) is 2.86. The largest absolute Gasteiger partial charge is 0.486 e. The molecule has 1 atom stereocenters. The van der Waals surface area contributed by atoms with Gasteiger partial charge in [0.1, 0.15) is 13.2 Å². The van der Waals surface area contributed by atoms with E-state index >= 15 is 0 Å². The van der Waals surface area contributed by atoms with Gasteiger partial charge in [-0.3, -0.25) is 9.59 Å². The second-order valence-corrected chi connectivity index (χ2v) is 5.89. The van der Waals surface area contributed by atoms with Gasteiger partial charge in [-0.1, -0.05) is 0 Å². The summed E-state index contributed by atoms with van der Waals surface area (Å²) in [5, 5.41) is 6.23. The lowest BCUT2D eigenvalue weighted by molar-refractivity contribution is -0.121. The van der Waals surface area contributed by atoms with E-state index in [-0.39, 0.29) is 30.6 Å². The maximum Gasteiger partial charge on any atom is 0.220 e. The minimum Gasteiger partial charge on any atom is -0.486 e. The van der Waals surface area contributed by atoms with Crippen molar-refractivity contribution in [1.29, 1.82) is 0 Å². The summed E-state index contributed by atoms with van der Waals surface area (Å²) in [4.78, 5) is 24.2. The van der Waals surface area contributed by atoms with Gasteiger partial charge >= 0.3 is 0 Å². The van der Waals surface area contributed by atoms with Crippen molar-refractivity contribution in [1.82, 2.24) is 10.6 Å². The maximum absolute atomic E-state index is 12.2. The summed E-state index contributed by atoms with van der Waals surface area (Å²) in [6, 6.07) is 5.34. The monoisotopic (exact) mass is 318 g/mol. The van der Waals surface area contributed by atoms with Crippen LogP contribution in [0.25, 0.3) is 0 Å². The van der Waals surface area contributed by atoms with E-state index < -0.39 is 0 Å². The first kappa shape index (κ1) is 15.8. The highest BCUT2D eigenvalue weighted by Gasteiger charge is 2.18. The molecule has 0 spiro atoms. The van der Waals surface area contributed by atoms with Crippen molar-refractivity contribution in [3.05, 3.63) is 23.8 Å². The topological polar surface area (TPSA) is 76.7 Å². The third-order valence-electron chi connectivity index (χ3n) is 4.11. The van der Waals surface area contributed by atoms with Crippen molar-refractivity contribution in [2.24, 2.45) is 0 Å². The lowest BCUT2D eigenvalue weighted by Crippen LogP contribution is -2.45. The van der Waals surface area contributed by atoms with Gasteiger partial charge in [-0.25, -0.2) is 0 Å². The molecule has 2 N–H and O–H groups in total. The summed E-state index contributed by atoms with van der Waals surface area (Å²) in [6.07, 6.45) is 2.48. The van der Waals surface area contributed by atoms with Gasteiger partial charge in [-0.2, -0.15) is 0 Å². The lowest BCUT2D eigenvalue weighted by atomic mass is 10.0. The predicted molar refractivity (Wildman–Crippen MR) is 85.0 cm³/mol. The number of nitrogens with one attached hydrogen (secondary N) is 2. The molecule has 1 saturated heterocycles. The molecule has 6 nitrogen and oxygen atoms in total. The third-order valence-corrected chi connectivity index (χ3v) is 4.11. The smallest absolute Gasteiger partial charge is 0.220 e. The maximum atomic E-state index is 12.2. The first-order chi connectivity index (χ1) is 11.2. The summed E-state index contributed by atoms with van der Waals surface area (Å²) in [5.74, 6) is 1.14. The van der Waals surface area contributed by atoms with Crippen LogP contribution >= 0.6 is 0 Å². The van der Waals surface area contributed by atoms with Crippen LogP contribution in [-0.2, 0) is 4.79 Å². The van der Waals surface area contributed by atoms with E-state index in [4.69, 9.17) is 9.47 Å². The highest BCUT2D eigenvalue weighted by molar-refractivity contribution is 5.98. The summed E-state index contributed by atoms with van der Waals surface area (Å²) >= 11 is 0. The zero-order valence-corrected chi connectivity index (χ0v) is 13.1. The van der Waals surface area contributed by atoms with Gasteiger partial charge < -0.3 is 20.1 Å². The van der Waals surface area contributed by atoms with Gasteiger partial charge in [0, 0.05) is 31.0 Å². The van der Waals surface area contributed by atoms with Crippen molar-refractivity contribution in [3.63, 3.8) is 0 Å². The molecule has 0 aliphatic carbocycles. The zero-order valence-electron chi connectivity index (χ0n) is 13.1. The van der Waals surface area contributed by atoms with Gasteiger partial charge in [-0.05, 0) is 37.6 Å². The van der Waals surface area contributed by atoms with E-state index in [9.17, 15) is 9.59 Å². The second kappa shape index (κ2) is 7.46. The molecule has 0 radical (unpaired) electrons. The highest BCUT2D eigenvalue weighted by Crippen LogP contribution is 2.31. The van der Waals surface area contributed by atoms with Crippen LogP contribution in [0.5, 0.6) is 11.5 Å². The molecular weight excluding hydrogens is 296 g/mol. The summed E-state index contributed by atoms with van der Waals surface area (Å²) in [5.41, 5.74) is 0.557. The number of Topliss-reactive ketones (excluding diaryl/α,β-unsaturated/α-hetero) is 1. The Kier molecular flexibility index (Phi) is 5.12. The molecule has 0 aromatic heterocycles. The summed E-state index contributed by atoms with van der Waals surface area (Å²) in [7, 11) is 0. The predicted octanol–water partition coefficient (Wildman–Crippen LogP) is 1.29. The Morgan fingerprint density at radius 3 is 2.78 bits per heavy atom. The van der Waals surface area contributed by atoms with Gasteiger partial charge in [0.25, 0.3) is 0 Å². The van der Waals surface area contributed by atoms with Gasteiger partial charge in [0.2, 0.25) is 5.91 Å². The Bertz CT molecular complexity index is 582. The molecule has 23 heavy (non-hydrogen) atoms. The summed E-state index contributed by atoms with van der Waals surface area (Å²) in [6.45, 7) is 2.83. The second-order valence-electron chi connectivity index (χ2n) is 5.89. The van der Waals surface area contributed by atoms with Crippen molar-refractivity contribution in [2.75, 3.05) is 26.3 Å². The zero-order chi connectivity index (χ0) is 16.1. The minimum absolute atomic E-state index is 0.0566. The molecule has 2 aliphatic rings. The average molecular weight is 318 g/mol. The quantitative estimate of drug-likeness (QED) is 0.800. The van der Waals surface area contributed by atoms with Crippen LogP contribution < -0.4 is 20.1 Å². The number of hydrogen-bond donors (Lipinski definition) is 2.